The average Bonchev–Trinajstić information content (AvgIpc) is 3.17. The number of benzene rings is 1. The topological polar surface area (TPSA) is 83.6 Å². The lowest BCUT2D eigenvalue weighted by molar-refractivity contribution is -0.116. The van der Waals surface area contributed by atoms with Gasteiger partial charge in [0.2, 0.25) is 5.91 Å². The van der Waals surface area contributed by atoms with Crippen molar-refractivity contribution in [3.05, 3.63) is 72.8 Å². The summed E-state index contributed by atoms with van der Waals surface area (Å²) in [4.78, 5) is 20.3. The summed E-state index contributed by atoms with van der Waals surface area (Å²) in [5, 5.41) is 10.7. The number of pyridine rings is 2. The number of hydrogen-bond acceptors (Lipinski definition) is 4. The number of nitrogens with zero attached hydrogens (tertiary/aromatic N) is 3. The molecule has 0 aliphatic rings. The van der Waals surface area contributed by atoms with E-state index in [0.717, 1.165) is 40.7 Å². The van der Waals surface area contributed by atoms with Crippen LogP contribution in [0.15, 0.2) is 67.3 Å². The van der Waals surface area contributed by atoms with Gasteiger partial charge in [-0.15, -0.1) is 0 Å². The molecule has 0 fully saturated rings. The predicted molar refractivity (Wildman–Crippen MR) is 105 cm³/mol. The van der Waals surface area contributed by atoms with Crippen molar-refractivity contribution in [1.82, 2.24) is 20.2 Å². The second-order valence-corrected chi connectivity index (χ2v) is 6.37. The molecule has 1 aromatic carbocycles. The van der Waals surface area contributed by atoms with Crippen LogP contribution in [-0.2, 0) is 11.2 Å². The summed E-state index contributed by atoms with van der Waals surface area (Å²) in [5.74, 6) is 0.0131. The monoisotopic (exact) mass is 357 g/mol. The molecule has 0 saturated carbocycles. The molecule has 0 unspecified atom stereocenters. The molecule has 3 heterocycles. The fraction of sp³-hybridized carbons (Fsp3) is 0.143. The average molecular weight is 357 g/mol. The molecule has 0 saturated heterocycles. The van der Waals surface area contributed by atoms with E-state index in [0.29, 0.717) is 6.42 Å². The van der Waals surface area contributed by atoms with Crippen molar-refractivity contribution in [2.75, 3.05) is 5.32 Å². The highest BCUT2D eigenvalue weighted by Gasteiger charge is 2.05. The van der Waals surface area contributed by atoms with Gasteiger partial charge in [0.1, 0.15) is 0 Å². The first-order valence-electron chi connectivity index (χ1n) is 8.86. The molecule has 134 valence electrons. The van der Waals surface area contributed by atoms with Gasteiger partial charge in [0.15, 0.2) is 5.65 Å². The Morgan fingerprint density at radius 1 is 1.04 bits per heavy atom. The summed E-state index contributed by atoms with van der Waals surface area (Å²) < 4.78 is 0. The highest BCUT2D eigenvalue weighted by Crippen LogP contribution is 2.22. The van der Waals surface area contributed by atoms with Gasteiger partial charge in [-0.3, -0.25) is 14.9 Å². The number of aromatic nitrogens is 4. The maximum Gasteiger partial charge on any atom is 0.224 e. The summed E-state index contributed by atoms with van der Waals surface area (Å²) in [6.07, 6.45) is 9.09. The van der Waals surface area contributed by atoms with Crippen molar-refractivity contribution in [2.45, 2.75) is 19.3 Å². The van der Waals surface area contributed by atoms with Crippen LogP contribution < -0.4 is 5.32 Å². The number of hydrogen-bond donors (Lipinski definition) is 2. The number of anilines is 1. The standard InChI is InChI=1S/C21H19N5O/c27-20(25-19-4-2-10-22-14-19)5-1-3-15-6-8-16(9-7-15)17-11-18-13-24-26-21(18)23-12-17/h2,4,6-14H,1,3,5H2,(H,25,27)(H,23,24,26). The highest BCUT2D eigenvalue weighted by atomic mass is 16.1. The van der Waals surface area contributed by atoms with Gasteiger partial charge in [-0.2, -0.15) is 5.10 Å². The van der Waals surface area contributed by atoms with Gasteiger partial charge in [-0.1, -0.05) is 24.3 Å². The van der Waals surface area contributed by atoms with Gasteiger partial charge in [-0.05, 0) is 42.2 Å². The smallest absolute Gasteiger partial charge is 0.224 e. The van der Waals surface area contributed by atoms with Crippen LogP contribution in [0.5, 0.6) is 0 Å². The number of fused-ring (bicyclic) bond motifs is 1. The van der Waals surface area contributed by atoms with Crippen molar-refractivity contribution < 1.29 is 4.79 Å². The number of carbonyl (C=O) groups excluding carboxylic acids is 1. The molecular formula is C21H19N5O. The summed E-state index contributed by atoms with van der Waals surface area (Å²) in [6, 6.07) is 14.1. The molecule has 1 amide bonds. The Hall–Kier alpha value is -3.54. The van der Waals surface area contributed by atoms with E-state index in [9.17, 15) is 4.79 Å². The summed E-state index contributed by atoms with van der Waals surface area (Å²) in [6.45, 7) is 0. The second kappa shape index (κ2) is 7.78. The molecule has 0 spiro atoms. The van der Waals surface area contributed by atoms with E-state index in [4.69, 9.17) is 0 Å². The number of aryl methyl sites for hydroxylation is 1. The molecule has 2 N–H and O–H groups in total. The third-order valence-electron chi connectivity index (χ3n) is 4.39. The van der Waals surface area contributed by atoms with Crippen LogP contribution in [0.25, 0.3) is 22.2 Å². The molecule has 4 aromatic rings. The molecule has 3 aromatic heterocycles. The molecule has 6 heteroatoms. The van der Waals surface area contributed by atoms with Gasteiger partial charge in [0, 0.05) is 29.8 Å². The van der Waals surface area contributed by atoms with Crippen LogP contribution in [-0.4, -0.2) is 26.1 Å². The third kappa shape index (κ3) is 4.17. The minimum Gasteiger partial charge on any atom is -0.325 e. The zero-order valence-corrected chi connectivity index (χ0v) is 14.7. The van der Waals surface area contributed by atoms with Gasteiger partial charge in [-0.25, -0.2) is 4.98 Å². The Bertz CT molecular complexity index is 1040. The maximum atomic E-state index is 12.0. The SMILES string of the molecule is O=C(CCCc1ccc(-c2cnc3[nH]ncc3c2)cc1)Nc1cccnc1. The van der Waals surface area contributed by atoms with Crippen LogP contribution in [0, 0.1) is 0 Å². The van der Waals surface area contributed by atoms with Crippen molar-refractivity contribution in [3.8, 4) is 11.1 Å². The second-order valence-electron chi connectivity index (χ2n) is 6.37. The molecule has 0 aliphatic carbocycles. The van der Waals surface area contributed by atoms with Crippen molar-refractivity contribution in [1.29, 1.82) is 0 Å². The van der Waals surface area contributed by atoms with E-state index in [-0.39, 0.29) is 5.91 Å². The quantitative estimate of drug-likeness (QED) is 0.547. The van der Waals surface area contributed by atoms with E-state index < -0.39 is 0 Å². The Morgan fingerprint density at radius 3 is 2.74 bits per heavy atom. The van der Waals surface area contributed by atoms with Crippen LogP contribution in [0.2, 0.25) is 0 Å². The molecule has 0 aliphatic heterocycles. The molecule has 0 atom stereocenters. The van der Waals surface area contributed by atoms with Crippen LogP contribution in [0.1, 0.15) is 18.4 Å². The van der Waals surface area contributed by atoms with Crippen LogP contribution >= 0.6 is 0 Å². The van der Waals surface area contributed by atoms with Gasteiger partial charge < -0.3 is 5.32 Å². The largest absolute Gasteiger partial charge is 0.325 e. The summed E-state index contributed by atoms with van der Waals surface area (Å²) in [5.41, 5.74) is 4.91. The molecule has 4 rings (SSSR count). The molecular weight excluding hydrogens is 338 g/mol. The Balaban J connectivity index is 1.32. The third-order valence-corrected chi connectivity index (χ3v) is 4.39. The van der Waals surface area contributed by atoms with Gasteiger partial charge in [0.05, 0.1) is 18.1 Å². The minimum absolute atomic E-state index is 0.0131. The molecule has 6 nitrogen and oxygen atoms in total. The van der Waals surface area contributed by atoms with Crippen LogP contribution in [0.3, 0.4) is 0 Å². The molecule has 0 radical (unpaired) electrons. The molecule has 0 bridgehead atoms. The number of nitrogens with one attached hydrogen (secondary N) is 2. The lowest BCUT2D eigenvalue weighted by Crippen LogP contribution is -2.11. The number of aromatic amines is 1. The Labute approximate surface area is 156 Å². The lowest BCUT2D eigenvalue weighted by Gasteiger charge is -2.06. The van der Waals surface area contributed by atoms with Crippen molar-refractivity contribution in [2.24, 2.45) is 0 Å². The maximum absolute atomic E-state index is 12.0. The van der Waals surface area contributed by atoms with Gasteiger partial charge in [0.25, 0.3) is 0 Å². The lowest BCUT2D eigenvalue weighted by atomic mass is 10.0. The van der Waals surface area contributed by atoms with E-state index in [1.54, 1.807) is 24.7 Å². The number of amides is 1. The van der Waals surface area contributed by atoms with E-state index in [1.807, 2.05) is 12.3 Å². The fourth-order valence-corrected chi connectivity index (χ4v) is 2.97. The summed E-state index contributed by atoms with van der Waals surface area (Å²) >= 11 is 0. The Kier molecular flexibility index (Phi) is 4.87. The van der Waals surface area contributed by atoms with E-state index in [1.165, 1.54) is 5.56 Å². The molecule has 27 heavy (non-hydrogen) atoms. The van der Waals surface area contributed by atoms with Gasteiger partial charge >= 0.3 is 0 Å². The van der Waals surface area contributed by atoms with Crippen LogP contribution in [0.4, 0.5) is 5.69 Å². The highest BCUT2D eigenvalue weighted by molar-refractivity contribution is 5.90. The normalized spacial score (nSPS) is 10.8. The number of rotatable bonds is 6. The number of carbonyl (C=O) groups is 1. The van der Waals surface area contributed by atoms with Crippen molar-refractivity contribution in [3.63, 3.8) is 0 Å². The van der Waals surface area contributed by atoms with E-state index in [2.05, 4.69) is 55.8 Å². The summed E-state index contributed by atoms with van der Waals surface area (Å²) in [7, 11) is 0. The Morgan fingerprint density at radius 2 is 1.93 bits per heavy atom. The predicted octanol–water partition coefficient (Wildman–Crippen LogP) is 3.98. The first-order chi connectivity index (χ1) is 13.3. The van der Waals surface area contributed by atoms with Crippen molar-refractivity contribution >= 4 is 22.6 Å². The minimum atomic E-state index is 0.0131. The number of H-pyrrole nitrogens is 1. The first-order valence-corrected chi connectivity index (χ1v) is 8.86. The van der Waals surface area contributed by atoms with E-state index >= 15 is 0 Å². The zero-order chi connectivity index (χ0) is 18.5. The first kappa shape index (κ1) is 16.9. The fourth-order valence-electron chi connectivity index (χ4n) is 2.97. The zero-order valence-electron chi connectivity index (χ0n) is 14.7.